The largest absolute Gasteiger partial charge is 0.500 e. The maximum atomic E-state index is 15.0. The van der Waals surface area contributed by atoms with Crippen LogP contribution < -0.4 is 4.74 Å². The minimum atomic E-state index is -1.06. The van der Waals surface area contributed by atoms with Crippen LogP contribution in [0.2, 0.25) is 0 Å². The average Bonchev–Trinajstić information content (AvgIpc) is 2.85. The topological polar surface area (TPSA) is 18.5 Å². The van der Waals surface area contributed by atoms with Gasteiger partial charge in [-0.15, -0.1) is 0 Å². The first-order valence-corrected chi connectivity index (χ1v) is 11.8. The number of ether oxygens (including phenoxy) is 2. The standard InChI is InChI=1S/C27H27BF4O2/c1-2-3-16-4-12-22(33-14-16)21-10-9-19(24(29)26(21)31)17-5-7-18(8-6-17)20-11-13-23(34-15-28)27(32)25(20)30/h5-11,13,16,22H,2-4,12,14-15,28H2,1H3. The molecule has 0 spiro atoms. The summed E-state index contributed by atoms with van der Waals surface area (Å²) in [6.07, 6.45) is 3.31. The van der Waals surface area contributed by atoms with Crippen LogP contribution in [0.15, 0.2) is 48.5 Å². The molecule has 3 aromatic carbocycles. The van der Waals surface area contributed by atoms with Crippen molar-refractivity contribution < 1.29 is 27.0 Å². The van der Waals surface area contributed by atoms with Crippen LogP contribution in [-0.4, -0.2) is 21.0 Å². The molecule has 1 heterocycles. The van der Waals surface area contributed by atoms with Gasteiger partial charge in [-0.05, 0) is 48.4 Å². The highest BCUT2D eigenvalue weighted by atomic mass is 19.2. The highest BCUT2D eigenvalue weighted by Gasteiger charge is 2.27. The average molecular weight is 470 g/mol. The molecule has 0 aromatic heterocycles. The van der Waals surface area contributed by atoms with E-state index in [9.17, 15) is 13.2 Å². The van der Waals surface area contributed by atoms with E-state index in [1.165, 1.54) is 12.1 Å². The molecular formula is C27H27BF4O2. The first-order chi connectivity index (χ1) is 16.4. The third-order valence-corrected chi connectivity index (χ3v) is 6.38. The van der Waals surface area contributed by atoms with Crippen molar-refractivity contribution in [3.05, 3.63) is 77.4 Å². The second-order valence-electron chi connectivity index (χ2n) is 8.63. The molecule has 0 bridgehead atoms. The Hall–Kier alpha value is -2.80. The quantitative estimate of drug-likeness (QED) is 0.279. The van der Waals surface area contributed by atoms with Gasteiger partial charge in [-0.2, -0.15) is 4.39 Å². The lowest BCUT2D eigenvalue weighted by molar-refractivity contribution is -0.0214. The summed E-state index contributed by atoms with van der Waals surface area (Å²) in [5.41, 5.74) is 1.25. The Morgan fingerprint density at radius 3 is 2.00 bits per heavy atom. The van der Waals surface area contributed by atoms with Crippen molar-refractivity contribution in [2.24, 2.45) is 5.92 Å². The lowest BCUT2D eigenvalue weighted by Gasteiger charge is -2.29. The summed E-state index contributed by atoms with van der Waals surface area (Å²) in [7, 11) is 1.68. The van der Waals surface area contributed by atoms with Crippen molar-refractivity contribution in [1.82, 2.24) is 0 Å². The molecular weight excluding hydrogens is 443 g/mol. The molecule has 0 radical (unpaired) electrons. The second kappa shape index (κ2) is 10.6. The van der Waals surface area contributed by atoms with E-state index in [-0.39, 0.29) is 28.9 Å². The van der Waals surface area contributed by atoms with Crippen LogP contribution in [0.4, 0.5) is 17.6 Å². The molecule has 3 aromatic rings. The van der Waals surface area contributed by atoms with Crippen LogP contribution in [0, 0.1) is 29.2 Å². The van der Waals surface area contributed by atoms with E-state index in [1.54, 1.807) is 44.2 Å². The van der Waals surface area contributed by atoms with Crippen molar-refractivity contribution in [3.63, 3.8) is 0 Å². The van der Waals surface area contributed by atoms with Crippen molar-refractivity contribution in [2.75, 3.05) is 13.1 Å². The van der Waals surface area contributed by atoms with Gasteiger partial charge in [-0.1, -0.05) is 49.7 Å². The van der Waals surface area contributed by atoms with Crippen LogP contribution in [-0.2, 0) is 4.74 Å². The van der Waals surface area contributed by atoms with Gasteiger partial charge >= 0.3 is 0 Å². The highest BCUT2D eigenvalue weighted by Crippen LogP contribution is 2.37. The van der Waals surface area contributed by atoms with E-state index >= 15 is 4.39 Å². The van der Waals surface area contributed by atoms with Gasteiger partial charge in [0.1, 0.15) is 0 Å². The van der Waals surface area contributed by atoms with Gasteiger partial charge in [0, 0.05) is 16.7 Å². The zero-order valence-electron chi connectivity index (χ0n) is 19.3. The predicted molar refractivity (Wildman–Crippen MR) is 128 cm³/mol. The Kier molecular flexibility index (Phi) is 7.62. The minimum absolute atomic E-state index is 0.0605. The first kappa shape index (κ1) is 24.3. The van der Waals surface area contributed by atoms with E-state index in [0.717, 1.165) is 19.3 Å². The van der Waals surface area contributed by atoms with Gasteiger partial charge in [0.2, 0.25) is 5.82 Å². The Balaban J connectivity index is 1.56. The molecule has 34 heavy (non-hydrogen) atoms. The lowest BCUT2D eigenvalue weighted by Crippen LogP contribution is -2.21. The van der Waals surface area contributed by atoms with Gasteiger partial charge in [0.15, 0.2) is 31.0 Å². The van der Waals surface area contributed by atoms with Gasteiger partial charge in [-0.3, -0.25) is 0 Å². The van der Waals surface area contributed by atoms with Crippen molar-refractivity contribution in [1.29, 1.82) is 0 Å². The molecule has 0 amide bonds. The SMILES string of the molecule is BCOc1ccc(-c2ccc(-c3ccc(C4CCC(CCC)CO4)c(F)c3F)cc2)c(F)c1F. The van der Waals surface area contributed by atoms with E-state index < -0.39 is 29.4 Å². The maximum Gasteiger partial charge on any atom is 0.201 e. The van der Waals surface area contributed by atoms with Crippen LogP contribution in [0.3, 0.4) is 0 Å². The number of hydrogen-bond donors (Lipinski definition) is 0. The molecule has 0 N–H and O–H groups in total. The summed E-state index contributed by atoms with van der Waals surface area (Å²) in [6, 6.07) is 12.2. The van der Waals surface area contributed by atoms with Crippen LogP contribution in [0.25, 0.3) is 22.3 Å². The van der Waals surface area contributed by atoms with Gasteiger partial charge in [0.25, 0.3) is 0 Å². The third kappa shape index (κ3) is 4.85. The normalized spacial score (nSPS) is 18.1. The molecule has 0 saturated carbocycles. The fourth-order valence-corrected chi connectivity index (χ4v) is 4.57. The Morgan fingerprint density at radius 2 is 1.44 bits per heavy atom. The number of benzene rings is 3. The van der Waals surface area contributed by atoms with E-state index in [2.05, 4.69) is 6.92 Å². The third-order valence-electron chi connectivity index (χ3n) is 6.38. The van der Waals surface area contributed by atoms with Crippen molar-refractivity contribution in [2.45, 2.75) is 38.7 Å². The summed E-state index contributed by atoms with van der Waals surface area (Å²) in [4.78, 5) is 0. The van der Waals surface area contributed by atoms with Gasteiger partial charge in [0.05, 0.1) is 19.2 Å². The Morgan fingerprint density at radius 1 is 0.824 bits per heavy atom. The molecule has 1 aliphatic rings. The fourth-order valence-electron chi connectivity index (χ4n) is 4.57. The zero-order valence-corrected chi connectivity index (χ0v) is 19.3. The predicted octanol–water partition coefficient (Wildman–Crippen LogP) is 6.81. The van der Waals surface area contributed by atoms with E-state index in [4.69, 9.17) is 9.47 Å². The monoisotopic (exact) mass is 470 g/mol. The van der Waals surface area contributed by atoms with Crippen LogP contribution in [0.1, 0.15) is 44.3 Å². The highest BCUT2D eigenvalue weighted by molar-refractivity contribution is 6.08. The maximum absolute atomic E-state index is 15.0. The number of rotatable bonds is 7. The summed E-state index contributed by atoms with van der Waals surface area (Å²) in [6.45, 7) is 2.91. The molecule has 2 nitrogen and oxygen atoms in total. The van der Waals surface area contributed by atoms with E-state index in [0.29, 0.717) is 30.1 Å². The smallest absolute Gasteiger partial charge is 0.201 e. The molecule has 1 saturated heterocycles. The second-order valence-corrected chi connectivity index (χ2v) is 8.63. The van der Waals surface area contributed by atoms with Crippen LogP contribution >= 0.6 is 0 Å². The van der Waals surface area contributed by atoms with Gasteiger partial charge < -0.3 is 9.47 Å². The molecule has 2 unspecified atom stereocenters. The van der Waals surface area contributed by atoms with E-state index in [1.807, 2.05) is 0 Å². The molecule has 1 aliphatic heterocycles. The molecule has 178 valence electrons. The molecule has 7 heteroatoms. The molecule has 1 fully saturated rings. The summed E-state index contributed by atoms with van der Waals surface area (Å²) in [5, 5.41) is 0. The number of hydrogen-bond acceptors (Lipinski definition) is 2. The van der Waals surface area contributed by atoms with Crippen molar-refractivity contribution >= 4 is 7.85 Å². The van der Waals surface area contributed by atoms with Gasteiger partial charge in [-0.25, -0.2) is 13.2 Å². The summed E-state index contributed by atoms with van der Waals surface area (Å²) >= 11 is 0. The Bertz CT molecular complexity index is 1140. The first-order valence-electron chi connectivity index (χ1n) is 11.8. The minimum Gasteiger partial charge on any atom is -0.500 e. The summed E-state index contributed by atoms with van der Waals surface area (Å²) in [5.74, 6) is -3.60. The van der Waals surface area contributed by atoms with Crippen LogP contribution in [0.5, 0.6) is 5.75 Å². The summed E-state index contributed by atoms with van der Waals surface area (Å²) < 4.78 is 69.6. The lowest BCUT2D eigenvalue weighted by atomic mass is 9.90. The fraction of sp³-hybridized carbons (Fsp3) is 0.333. The zero-order chi connectivity index (χ0) is 24.2. The number of halogens is 4. The molecule has 4 rings (SSSR count). The Labute approximate surface area is 198 Å². The van der Waals surface area contributed by atoms with Crippen molar-refractivity contribution in [3.8, 4) is 28.0 Å². The molecule has 2 atom stereocenters. The molecule has 0 aliphatic carbocycles.